The zero-order valence-electron chi connectivity index (χ0n) is 16.2. The number of hydrogen-bond donors (Lipinski definition) is 1. The van der Waals surface area contributed by atoms with Gasteiger partial charge in [0.2, 0.25) is 11.8 Å². The number of fused-ring (bicyclic) bond motifs is 1. The van der Waals surface area contributed by atoms with E-state index in [1.165, 1.54) is 5.56 Å². The van der Waals surface area contributed by atoms with Crippen LogP contribution in [0.4, 0.5) is 5.69 Å². The molecule has 1 N–H and O–H groups in total. The maximum Gasteiger partial charge on any atom is 0.230 e. The fourth-order valence-corrected chi connectivity index (χ4v) is 4.21. The molecule has 0 saturated heterocycles. The summed E-state index contributed by atoms with van der Waals surface area (Å²) in [7, 11) is 0. The summed E-state index contributed by atoms with van der Waals surface area (Å²) in [6.07, 6.45) is 6.45. The molecule has 0 bridgehead atoms. The molecule has 1 heterocycles. The van der Waals surface area contributed by atoms with Gasteiger partial charge in [-0.3, -0.25) is 9.59 Å². The summed E-state index contributed by atoms with van der Waals surface area (Å²) in [5.41, 5.74) is 2.38. The van der Waals surface area contributed by atoms with E-state index in [1.807, 2.05) is 11.0 Å². The van der Waals surface area contributed by atoms with Gasteiger partial charge in [-0.25, -0.2) is 0 Å². The Labute approximate surface area is 157 Å². The molecule has 4 heteroatoms. The van der Waals surface area contributed by atoms with Crippen molar-refractivity contribution in [2.45, 2.75) is 58.8 Å². The van der Waals surface area contributed by atoms with Crippen LogP contribution in [0.1, 0.15) is 57.9 Å². The maximum atomic E-state index is 13.1. The van der Waals surface area contributed by atoms with E-state index in [-0.39, 0.29) is 23.7 Å². The number of aryl methyl sites for hydroxylation is 1. The third kappa shape index (κ3) is 4.46. The predicted molar refractivity (Wildman–Crippen MR) is 105 cm³/mol. The van der Waals surface area contributed by atoms with Crippen LogP contribution in [0, 0.1) is 17.8 Å². The van der Waals surface area contributed by atoms with Gasteiger partial charge in [0.15, 0.2) is 0 Å². The molecule has 26 heavy (non-hydrogen) atoms. The topological polar surface area (TPSA) is 49.4 Å². The number of nitrogens with one attached hydrogen (secondary N) is 1. The second kappa shape index (κ2) is 8.70. The average Bonchev–Trinajstić information content (AvgIpc) is 2.66. The molecule has 0 radical (unpaired) electrons. The highest BCUT2D eigenvalue weighted by Gasteiger charge is 2.33. The van der Waals surface area contributed by atoms with Crippen molar-refractivity contribution in [3.8, 4) is 0 Å². The summed E-state index contributed by atoms with van der Waals surface area (Å²) in [6.45, 7) is 5.93. The first-order chi connectivity index (χ1) is 12.6. The van der Waals surface area contributed by atoms with Crippen LogP contribution in [0.3, 0.4) is 0 Å². The second-order valence-corrected chi connectivity index (χ2v) is 8.24. The summed E-state index contributed by atoms with van der Waals surface area (Å²) < 4.78 is 0. The second-order valence-electron chi connectivity index (χ2n) is 8.24. The van der Waals surface area contributed by atoms with Crippen LogP contribution in [0.2, 0.25) is 0 Å². The first-order valence-corrected chi connectivity index (χ1v) is 10.2. The number of carbonyl (C=O) groups excluding carboxylic acids is 2. The number of nitrogens with zero attached hydrogens (tertiary/aromatic N) is 1. The molecule has 2 amide bonds. The molecule has 0 aromatic heterocycles. The van der Waals surface area contributed by atoms with E-state index in [9.17, 15) is 9.59 Å². The van der Waals surface area contributed by atoms with Crippen LogP contribution in [0.15, 0.2) is 24.3 Å². The summed E-state index contributed by atoms with van der Waals surface area (Å²) in [5, 5.41) is 3.07. The zero-order chi connectivity index (χ0) is 18.5. The van der Waals surface area contributed by atoms with Crippen molar-refractivity contribution in [2.24, 2.45) is 17.8 Å². The molecule has 2 aliphatic rings. The summed E-state index contributed by atoms with van der Waals surface area (Å²) >= 11 is 0. The lowest BCUT2D eigenvalue weighted by Crippen LogP contribution is -2.42. The van der Waals surface area contributed by atoms with Crippen LogP contribution in [0.5, 0.6) is 0 Å². The molecule has 1 aliphatic carbocycles. The number of carbonyl (C=O) groups is 2. The van der Waals surface area contributed by atoms with E-state index in [4.69, 9.17) is 0 Å². The zero-order valence-corrected chi connectivity index (χ0v) is 16.2. The Hall–Kier alpha value is -1.84. The molecule has 3 rings (SSSR count). The van der Waals surface area contributed by atoms with Crippen LogP contribution in [-0.2, 0) is 16.0 Å². The van der Waals surface area contributed by atoms with E-state index in [0.29, 0.717) is 5.92 Å². The first-order valence-electron chi connectivity index (χ1n) is 10.2. The van der Waals surface area contributed by atoms with Crippen molar-refractivity contribution in [2.75, 3.05) is 18.0 Å². The van der Waals surface area contributed by atoms with E-state index >= 15 is 0 Å². The predicted octanol–water partition coefficient (Wildman–Crippen LogP) is 3.93. The minimum atomic E-state index is 0.0703. The highest BCUT2D eigenvalue weighted by atomic mass is 16.2. The smallest absolute Gasteiger partial charge is 0.230 e. The van der Waals surface area contributed by atoms with Crippen LogP contribution in [-0.4, -0.2) is 24.9 Å². The molecule has 1 aliphatic heterocycles. The molecule has 0 atom stereocenters. The number of amides is 2. The van der Waals surface area contributed by atoms with E-state index in [2.05, 4.69) is 37.4 Å². The largest absolute Gasteiger partial charge is 0.356 e. The molecule has 1 aromatic rings. The van der Waals surface area contributed by atoms with Crippen molar-refractivity contribution < 1.29 is 9.59 Å². The molecule has 4 nitrogen and oxygen atoms in total. The first kappa shape index (κ1) is 18.9. The fraction of sp³-hybridized carbons (Fsp3) is 0.636. The lowest BCUT2D eigenvalue weighted by molar-refractivity contribution is -0.129. The van der Waals surface area contributed by atoms with Crippen molar-refractivity contribution in [3.05, 3.63) is 29.8 Å². The van der Waals surface area contributed by atoms with Crippen LogP contribution >= 0.6 is 0 Å². The van der Waals surface area contributed by atoms with Gasteiger partial charge in [-0.1, -0.05) is 32.0 Å². The molecule has 0 unspecified atom stereocenters. The van der Waals surface area contributed by atoms with Crippen LogP contribution < -0.4 is 10.2 Å². The molecule has 1 aromatic carbocycles. The lowest BCUT2D eigenvalue weighted by Gasteiger charge is -2.35. The quantitative estimate of drug-likeness (QED) is 0.869. The Morgan fingerprint density at radius 1 is 1.12 bits per heavy atom. The Morgan fingerprint density at radius 2 is 1.81 bits per heavy atom. The molecule has 1 fully saturated rings. The SMILES string of the molecule is CC(C)CCNC(=O)C1CCC(C(=O)N2CCCc3ccccc32)CC1. The number of hydrogen-bond acceptors (Lipinski definition) is 2. The fourth-order valence-electron chi connectivity index (χ4n) is 4.21. The summed E-state index contributed by atoms with van der Waals surface area (Å²) in [4.78, 5) is 27.4. The van der Waals surface area contributed by atoms with E-state index < -0.39 is 0 Å². The van der Waals surface area contributed by atoms with E-state index in [1.54, 1.807) is 0 Å². The third-order valence-corrected chi connectivity index (χ3v) is 5.84. The lowest BCUT2D eigenvalue weighted by atomic mass is 9.80. The average molecular weight is 357 g/mol. The Morgan fingerprint density at radius 3 is 2.54 bits per heavy atom. The number of benzene rings is 1. The van der Waals surface area contributed by atoms with Gasteiger partial charge in [-0.15, -0.1) is 0 Å². The number of anilines is 1. The molecule has 1 saturated carbocycles. The standard InChI is InChI=1S/C22H32N2O2/c1-16(2)13-14-23-21(25)18-9-11-19(12-10-18)22(26)24-15-5-7-17-6-3-4-8-20(17)24/h3-4,6,8,16,18-19H,5,7,9-15H2,1-2H3,(H,23,25). The van der Waals surface area contributed by atoms with Gasteiger partial charge < -0.3 is 10.2 Å². The molecule has 142 valence electrons. The highest BCUT2D eigenvalue weighted by molar-refractivity contribution is 5.96. The van der Waals surface area contributed by atoms with Gasteiger partial charge in [-0.2, -0.15) is 0 Å². The van der Waals surface area contributed by atoms with Gasteiger partial charge in [-0.05, 0) is 62.5 Å². The molecular weight excluding hydrogens is 324 g/mol. The third-order valence-electron chi connectivity index (χ3n) is 5.84. The molecule has 0 spiro atoms. The van der Waals surface area contributed by atoms with Gasteiger partial charge in [0.05, 0.1) is 0 Å². The van der Waals surface area contributed by atoms with Crippen LogP contribution in [0.25, 0.3) is 0 Å². The van der Waals surface area contributed by atoms with E-state index in [0.717, 1.165) is 63.7 Å². The summed E-state index contributed by atoms with van der Waals surface area (Å²) in [5.74, 6) is 1.20. The highest BCUT2D eigenvalue weighted by Crippen LogP contribution is 2.34. The van der Waals surface area contributed by atoms with Gasteiger partial charge in [0, 0.05) is 30.6 Å². The van der Waals surface area contributed by atoms with Gasteiger partial charge >= 0.3 is 0 Å². The Balaban J connectivity index is 1.52. The summed E-state index contributed by atoms with van der Waals surface area (Å²) in [6, 6.07) is 8.27. The van der Waals surface area contributed by atoms with Gasteiger partial charge in [0.1, 0.15) is 0 Å². The van der Waals surface area contributed by atoms with Crippen molar-refractivity contribution >= 4 is 17.5 Å². The number of para-hydroxylation sites is 1. The number of rotatable bonds is 5. The van der Waals surface area contributed by atoms with Crippen molar-refractivity contribution in [1.82, 2.24) is 5.32 Å². The maximum absolute atomic E-state index is 13.1. The van der Waals surface area contributed by atoms with Gasteiger partial charge in [0.25, 0.3) is 0 Å². The molecular formula is C22H32N2O2. The van der Waals surface area contributed by atoms with Crippen molar-refractivity contribution in [1.29, 1.82) is 0 Å². The Kier molecular flexibility index (Phi) is 6.33. The Bertz CT molecular complexity index is 633. The minimum absolute atomic E-state index is 0.0703. The van der Waals surface area contributed by atoms with Crippen molar-refractivity contribution in [3.63, 3.8) is 0 Å². The normalized spacial score (nSPS) is 22.8. The monoisotopic (exact) mass is 356 g/mol. The minimum Gasteiger partial charge on any atom is -0.356 e.